The van der Waals surface area contributed by atoms with Gasteiger partial charge in [-0.05, 0) is 120 Å². The first-order chi connectivity index (χ1) is 32.5. The van der Waals surface area contributed by atoms with Crippen LogP contribution in [0.2, 0.25) is 0 Å². The van der Waals surface area contributed by atoms with Crippen LogP contribution < -0.4 is 4.90 Å². The monoisotopic (exact) mass is 841 g/mol. The molecule has 0 saturated heterocycles. The zero-order valence-corrected chi connectivity index (χ0v) is 36.7. The predicted octanol–water partition coefficient (Wildman–Crippen LogP) is 17.0. The van der Waals surface area contributed by atoms with Gasteiger partial charge in [-0.25, -0.2) is 0 Å². The topological polar surface area (TPSA) is 16.4 Å². The van der Waals surface area contributed by atoms with Gasteiger partial charge in [0.15, 0.2) is 5.58 Å². The number of anilines is 3. The average Bonchev–Trinajstić information content (AvgIpc) is 4.07. The highest BCUT2D eigenvalue weighted by atomic mass is 16.3. The van der Waals surface area contributed by atoms with E-state index in [0.29, 0.717) is 0 Å². The molecule has 1 atom stereocenters. The number of para-hydroxylation sites is 3. The van der Waals surface area contributed by atoms with E-state index in [1.807, 2.05) is 6.07 Å². The fourth-order valence-electron chi connectivity index (χ4n) is 12.2. The van der Waals surface area contributed by atoms with E-state index in [2.05, 4.69) is 237 Å². The summed E-state index contributed by atoms with van der Waals surface area (Å²) < 4.78 is 6.72. The summed E-state index contributed by atoms with van der Waals surface area (Å²) in [4.78, 5) is 2.37. The van der Waals surface area contributed by atoms with Crippen molar-refractivity contribution in [2.45, 2.75) is 24.7 Å². The number of fused-ring (bicyclic) bond motifs is 17. The van der Waals surface area contributed by atoms with Gasteiger partial charge in [0.1, 0.15) is 5.58 Å². The zero-order valence-electron chi connectivity index (χ0n) is 36.7. The summed E-state index contributed by atoms with van der Waals surface area (Å²) >= 11 is 0. The maximum absolute atomic E-state index is 6.72. The smallest absolute Gasteiger partial charge is 0.159 e. The van der Waals surface area contributed by atoms with E-state index in [0.717, 1.165) is 50.1 Å². The molecule has 3 aliphatic carbocycles. The second kappa shape index (κ2) is 13.7. The number of benzene rings is 10. The SMILES string of the molecule is CC1(C)c2ccccc2-c2c1ccc1c2-c2ccccc2C12c1ccccc1-c1ccc(-c3ccc(N(c4ccccc4-c4ccccc4)c4cccc5c4oc4ccccc45)cc3)cc12. The van der Waals surface area contributed by atoms with Crippen molar-refractivity contribution in [1.82, 2.24) is 0 Å². The van der Waals surface area contributed by atoms with E-state index in [-0.39, 0.29) is 5.41 Å². The van der Waals surface area contributed by atoms with Crippen LogP contribution in [0.4, 0.5) is 17.1 Å². The second-order valence-corrected chi connectivity index (χ2v) is 18.7. The quantitative estimate of drug-likeness (QED) is 0.172. The molecule has 14 rings (SSSR count). The van der Waals surface area contributed by atoms with Crippen molar-refractivity contribution < 1.29 is 4.42 Å². The van der Waals surface area contributed by atoms with E-state index in [9.17, 15) is 0 Å². The van der Waals surface area contributed by atoms with Gasteiger partial charge in [0.05, 0.1) is 16.8 Å². The summed E-state index contributed by atoms with van der Waals surface area (Å²) in [5, 5.41) is 2.21. The molecule has 0 amide bonds. The minimum absolute atomic E-state index is 0.0890. The number of hydrogen-bond donors (Lipinski definition) is 0. The Bertz CT molecular complexity index is 3800. The Kier molecular flexibility index (Phi) is 7.70. The second-order valence-electron chi connectivity index (χ2n) is 18.7. The van der Waals surface area contributed by atoms with E-state index in [1.165, 1.54) is 77.9 Å². The third kappa shape index (κ3) is 4.91. The summed E-state index contributed by atoms with van der Waals surface area (Å²) in [6.45, 7) is 4.78. The molecule has 0 aliphatic heterocycles. The molecule has 2 heteroatoms. The van der Waals surface area contributed by atoms with Gasteiger partial charge in [-0.1, -0.05) is 202 Å². The molecule has 3 aliphatic rings. The Hall–Kier alpha value is -8.20. The maximum Gasteiger partial charge on any atom is 0.159 e. The molecule has 11 aromatic rings. The first-order valence-electron chi connectivity index (χ1n) is 23.1. The third-order valence-corrected chi connectivity index (χ3v) is 15.1. The Morgan fingerprint density at radius 2 is 0.909 bits per heavy atom. The molecule has 1 aromatic heterocycles. The molecule has 1 heterocycles. The molecule has 66 heavy (non-hydrogen) atoms. The highest BCUT2D eigenvalue weighted by molar-refractivity contribution is 6.11. The van der Waals surface area contributed by atoms with E-state index in [1.54, 1.807) is 0 Å². The lowest BCUT2D eigenvalue weighted by Gasteiger charge is -2.31. The Morgan fingerprint density at radius 3 is 1.71 bits per heavy atom. The molecular formula is C64H43NO. The van der Waals surface area contributed by atoms with Crippen LogP contribution in [-0.2, 0) is 10.8 Å². The van der Waals surface area contributed by atoms with Crippen molar-refractivity contribution in [3.8, 4) is 55.6 Å². The number of hydrogen-bond acceptors (Lipinski definition) is 2. The Morgan fingerprint density at radius 1 is 0.348 bits per heavy atom. The molecule has 10 aromatic carbocycles. The van der Waals surface area contributed by atoms with Crippen LogP contribution in [0, 0.1) is 0 Å². The van der Waals surface area contributed by atoms with Gasteiger partial charge < -0.3 is 9.32 Å². The van der Waals surface area contributed by atoms with Crippen molar-refractivity contribution in [2.24, 2.45) is 0 Å². The largest absolute Gasteiger partial charge is 0.454 e. The zero-order chi connectivity index (χ0) is 43.7. The molecule has 0 N–H and O–H groups in total. The first-order valence-corrected chi connectivity index (χ1v) is 23.1. The molecular weight excluding hydrogens is 799 g/mol. The van der Waals surface area contributed by atoms with Crippen molar-refractivity contribution in [3.63, 3.8) is 0 Å². The van der Waals surface area contributed by atoms with E-state index >= 15 is 0 Å². The van der Waals surface area contributed by atoms with Crippen LogP contribution in [0.25, 0.3) is 77.6 Å². The van der Waals surface area contributed by atoms with E-state index < -0.39 is 5.41 Å². The molecule has 1 spiro atoms. The van der Waals surface area contributed by atoms with Crippen LogP contribution in [0.3, 0.4) is 0 Å². The van der Waals surface area contributed by atoms with Crippen molar-refractivity contribution in [3.05, 3.63) is 258 Å². The molecule has 310 valence electrons. The van der Waals surface area contributed by atoms with Gasteiger partial charge in [-0.3, -0.25) is 0 Å². The molecule has 2 nitrogen and oxygen atoms in total. The van der Waals surface area contributed by atoms with Gasteiger partial charge in [0.2, 0.25) is 0 Å². The minimum atomic E-state index is -0.465. The highest BCUT2D eigenvalue weighted by Gasteiger charge is 2.53. The Balaban J connectivity index is 0.955. The fraction of sp³-hybridized carbons (Fsp3) is 0.0625. The third-order valence-electron chi connectivity index (χ3n) is 15.1. The van der Waals surface area contributed by atoms with Crippen LogP contribution >= 0.6 is 0 Å². The van der Waals surface area contributed by atoms with Crippen LogP contribution in [-0.4, -0.2) is 0 Å². The van der Waals surface area contributed by atoms with Gasteiger partial charge in [0.25, 0.3) is 0 Å². The van der Waals surface area contributed by atoms with Gasteiger partial charge >= 0.3 is 0 Å². The predicted molar refractivity (Wildman–Crippen MR) is 273 cm³/mol. The summed E-state index contributed by atoms with van der Waals surface area (Å²) in [6, 6.07) is 82.9. The summed E-state index contributed by atoms with van der Waals surface area (Å²) in [5.74, 6) is 0. The summed E-state index contributed by atoms with van der Waals surface area (Å²) in [5.41, 5.74) is 25.3. The standard InChI is InChI=1S/C64H43NO/c1-63(2)51-25-11-7-22-49(51)60-54(63)37-38-55-61(60)50-23-8-13-27-53(50)64(55)52-26-12-6-20-45(52)46-36-33-42(39-56(46)64)40-31-34-43(35-32-40)65(57-28-14-9-19-44(57)41-17-4-3-5-18-41)58-29-16-24-48-47-21-10-15-30-59(47)66-62(48)58/h3-39H,1-2H3. The van der Waals surface area contributed by atoms with E-state index in [4.69, 9.17) is 4.42 Å². The lowest BCUT2D eigenvalue weighted by atomic mass is 9.69. The van der Waals surface area contributed by atoms with Gasteiger partial charge in [-0.2, -0.15) is 0 Å². The van der Waals surface area contributed by atoms with Crippen molar-refractivity contribution in [1.29, 1.82) is 0 Å². The number of rotatable bonds is 5. The van der Waals surface area contributed by atoms with Crippen LogP contribution in [0.1, 0.15) is 47.2 Å². The highest BCUT2D eigenvalue weighted by Crippen LogP contribution is 2.66. The average molecular weight is 842 g/mol. The minimum Gasteiger partial charge on any atom is -0.454 e. The molecule has 0 bridgehead atoms. The normalized spacial score (nSPS) is 15.6. The maximum atomic E-state index is 6.72. The molecule has 0 fully saturated rings. The number of furan rings is 1. The van der Waals surface area contributed by atoms with Crippen molar-refractivity contribution in [2.75, 3.05) is 4.90 Å². The fourth-order valence-corrected chi connectivity index (χ4v) is 12.2. The molecule has 0 radical (unpaired) electrons. The molecule has 0 saturated carbocycles. The van der Waals surface area contributed by atoms with Crippen molar-refractivity contribution >= 4 is 39.0 Å². The molecule has 1 unspecified atom stereocenters. The van der Waals surface area contributed by atoms with Gasteiger partial charge in [-0.15, -0.1) is 0 Å². The lowest BCUT2D eigenvalue weighted by molar-refractivity contribution is 0.660. The Labute approximate surface area is 384 Å². The summed E-state index contributed by atoms with van der Waals surface area (Å²) in [6.07, 6.45) is 0. The number of nitrogens with zero attached hydrogens (tertiary/aromatic N) is 1. The first kappa shape index (κ1) is 37.2. The summed E-state index contributed by atoms with van der Waals surface area (Å²) in [7, 11) is 0. The lowest BCUT2D eigenvalue weighted by Crippen LogP contribution is -2.26. The van der Waals surface area contributed by atoms with Gasteiger partial charge in [0, 0.05) is 27.4 Å². The van der Waals surface area contributed by atoms with Crippen LogP contribution in [0.15, 0.2) is 229 Å². The van der Waals surface area contributed by atoms with Crippen LogP contribution in [0.5, 0.6) is 0 Å².